The summed E-state index contributed by atoms with van der Waals surface area (Å²) in [6, 6.07) is 0. The predicted octanol–water partition coefficient (Wildman–Crippen LogP) is 3.18. The molecular weight excluding hydrogens is 290 g/mol. The molecule has 0 aliphatic carbocycles. The molecule has 0 radical (unpaired) electrons. The second-order valence-electron chi connectivity index (χ2n) is 4.00. The van der Waals surface area contributed by atoms with E-state index in [0.717, 1.165) is 23.2 Å². The Labute approximate surface area is 122 Å². The normalized spacial score (nSPS) is 16.6. The van der Waals surface area contributed by atoms with Gasteiger partial charge in [0.05, 0.1) is 0 Å². The van der Waals surface area contributed by atoms with Crippen molar-refractivity contribution < 1.29 is 19.5 Å². The van der Waals surface area contributed by atoms with Gasteiger partial charge in [0.15, 0.2) is 0 Å². The van der Waals surface area contributed by atoms with Gasteiger partial charge in [0, 0.05) is 38.3 Å². The van der Waals surface area contributed by atoms with Gasteiger partial charge in [0.25, 0.3) is 0 Å². The molecule has 0 unspecified atom stereocenters. The van der Waals surface area contributed by atoms with E-state index in [9.17, 15) is 0 Å². The van der Waals surface area contributed by atoms with E-state index in [1.165, 1.54) is 38.5 Å². The SMILES string of the molecule is CCCCCSC(=S)NN1CCCCC1.[Zn]. The van der Waals surface area contributed by atoms with Crippen molar-refractivity contribution in [2.75, 3.05) is 18.8 Å². The summed E-state index contributed by atoms with van der Waals surface area (Å²) in [5.74, 6) is 1.16. The van der Waals surface area contributed by atoms with Gasteiger partial charge in [-0.2, -0.15) is 0 Å². The summed E-state index contributed by atoms with van der Waals surface area (Å²) >= 11 is 7.08. The first-order chi connectivity index (χ1) is 7.33. The molecule has 0 saturated carbocycles. The molecule has 0 aromatic rings. The van der Waals surface area contributed by atoms with Crippen LogP contribution in [0.15, 0.2) is 0 Å². The Hall–Kier alpha value is 0.823. The molecule has 90 valence electrons. The Bertz CT molecular complexity index is 185. The molecule has 0 aromatic heterocycles. The molecule has 0 bridgehead atoms. The van der Waals surface area contributed by atoms with Gasteiger partial charge < -0.3 is 5.43 Å². The first kappa shape index (κ1) is 16.8. The van der Waals surface area contributed by atoms with Crippen LogP contribution in [0.4, 0.5) is 0 Å². The molecule has 0 spiro atoms. The second kappa shape index (κ2) is 10.9. The summed E-state index contributed by atoms with van der Waals surface area (Å²) in [5.41, 5.74) is 3.32. The second-order valence-corrected chi connectivity index (χ2v) is 5.77. The van der Waals surface area contributed by atoms with E-state index in [-0.39, 0.29) is 19.5 Å². The zero-order valence-electron chi connectivity index (χ0n) is 10.3. The number of thiocarbonyl (C=S) groups is 1. The zero-order valence-corrected chi connectivity index (χ0v) is 14.9. The van der Waals surface area contributed by atoms with Crippen LogP contribution in [0.25, 0.3) is 0 Å². The predicted molar refractivity (Wildman–Crippen MR) is 73.1 cm³/mol. The Morgan fingerprint density at radius 3 is 2.56 bits per heavy atom. The molecule has 1 heterocycles. The number of rotatable bonds is 5. The Balaban J connectivity index is 0.00000225. The van der Waals surface area contributed by atoms with Crippen LogP contribution in [0.2, 0.25) is 0 Å². The largest absolute Gasteiger partial charge is 0.304 e. The Kier molecular flexibility index (Phi) is 11.5. The maximum atomic E-state index is 5.29. The Morgan fingerprint density at radius 1 is 1.25 bits per heavy atom. The van der Waals surface area contributed by atoms with Crippen LogP contribution in [-0.2, 0) is 19.5 Å². The third-order valence-electron chi connectivity index (χ3n) is 2.59. The smallest absolute Gasteiger partial charge is 0.148 e. The fraction of sp³-hybridized carbons (Fsp3) is 0.909. The van der Waals surface area contributed by atoms with E-state index in [2.05, 4.69) is 17.4 Å². The molecule has 1 N–H and O–H groups in total. The summed E-state index contributed by atoms with van der Waals surface area (Å²) in [6.45, 7) is 4.53. The van der Waals surface area contributed by atoms with Crippen molar-refractivity contribution in [1.82, 2.24) is 10.4 Å². The number of hydrogen-bond donors (Lipinski definition) is 1. The fourth-order valence-corrected chi connectivity index (χ4v) is 2.79. The van der Waals surface area contributed by atoms with Crippen molar-refractivity contribution in [2.45, 2.75) is 45.4 Å². The topological polar surface area (TPSA) is 15.3 Å². The molecule has 2 nitrogen and oxygen atoms in total. The first-order valence-electron chi connectivity index (χ1n) is 6.01. The molecule has 1 aliphatic rings. The van der Waals surface area contributed by atoms with E-state index in [1.807, 2.05) is 0 Å². The molecule has 1 aliphatic heterocycles. The van der Waals surface area contributed by atoms with Gasteiger partial charge in [0.2, 0.25) is 0 Å². The standard InChI is InChI=1S/C11H22N2S2.Zn/c1-2-3-7-10-15-11(14)12-13-8-5-4-6-9-13;/h2-10H2,1H3,(H,12,14);. The van der Waals surface area contributed by atoms with E-state index in [4.69, 9.17) is 12.2 Å². The Morgan fingerprint density at radius 2 is 1.94 bits per heavy atom. The van der Waals surface area contributed by atoms with Gasteiger partial charge in [-0.15, -0.1) is 0 Å². The van der Waals surface area contributed by atoms with E-state index in [1.54, 1.807) is 11.8 Å². The fourth-order valence-electron chi connectivity index (χ4n) is 1.68. The first-order valence-corrected chi connectivity index (χ1v) is 7.40. The molecule has 16 heavy (non-hydrogen) atoms. The molecule has 0 atom stereocenters. The minimum Gasteiger partial charge on any atom is -0.304 e. The summed E-state index contributed by atoms with van der Waals surface area (Å²) in [6.07, 6.45) is 7.86. The summed E-state index contributed by atoms with van der Waals surface area (Å²) in [4.78, 5) is 0. The summed E-state index contributed by atoms with van der Waals surface area (Å²) in [7, 11) is 0. The van der Waals surface area contributed by atoms with E-state index >= 15 is 0 Å². The van der Waals surface area contributed by atoms with Gasteiger partial charge in [-0.25, -0.2) is 5.01 Å². The number of piperidine rings is 1. The quantitative estimate of drug-likeness (QED) is 0.476. The van der Waals surface area contributed by atoms with Crippen molar-refractivity contribution in [2.24, 2.45) is 0 Å². The molecule has 1 fully saturated rings. The molecule has 1 saturated heterocycles. The van der Waals surface area contributed by atoms with Gasteiger partial charge in [0.1, 0.15) is 4.32 Å². The number of nitrogens with one attached hydrogen (secondary N) is 1. The summed E-state index contributed by atoms with van der Waals surface area (Å²) in [5, 5.41) is 2.26. The van der Waals surface area contributed by atoms with Crippen molar-refractivity contribution in [3.05, 3.63) is 0 Å². The average Bonchev–Trinajstić information content (AvgIpc) is 2.26. The maximum Gasteiger partial charge on any atom is 0.148 e. The number of hydrazine groups is 1. The van der Waals surface area contributed by atoms with Crippen molar-refractivity contribution in [1.29, 1.82) is 0 Å². The van der Waals surface area contributed by atoms with Crippen LogP contribution < -0.4 is 5.43 Å². The van der Waals surface area contributed by atoms with Crippen molar-refractivity contribution >= 4 is 28.3 Å². The van der Waals surface area contributed by atoms with Gasteiger partial charge >= 0.3 is 0 Å². The van der Waals surface area contributed by atoms with Crippen molar-refractivity contribution in [3.8, 4) is 0 Å². The van der Waals surface area contributed by atoms with Crippen LogP contribution >= 0.6 is 24.0 Å². The monoisotopic (exact) mass is 310 g/mol. The van der Waals surface area contributed by atoms with Crippen LogP contribution in [0.1, 0.15) is 45.4 Å². The van der Waals surface area contributed by atoms with Gasteiger partial charge in [-0.05, 0) is 19.3 Å². The van der Waals surface area contributed by atoms with Crippen molar-refractivity contribution in [3.63, 3.8) is 0 Å². The minimum absolute atomic E-state index is 0. The minimum atomic E-state index is 0. The van der Waals surface area contributed by atoms with Crippen LogP contribution in [0.5, 0.6) is 0 Å². The number of thioether (sulfide) groups is 1. The molecule has 5 heteroatoms. The number of hydrogen-bond acceptors (Lipinski definition) is 3. The summed E-state index contributed by atoms with van der Waals surface area (Å²) < 4.78 is 0.952. The van der Waals surface area contributed by atoms with Crippen LogP contribution in [-0.4, -0.2) is 28.2 Å². The van der Waals surface area contributed by atoms with E-state index < -0.39 is 0 Å². The number of nitrogens with zero attached hydrogens (tertiary/aromatic N) is 1. The van der Waals surface area contributed by atoms with Gasteiger partial charge in [-0.3, -0.25) is 0 Å². The van der Waals surface area contributed by atoms with E-state index in [0.29, 0.717) is 0 Å². The zero-order chi connectivity index (χ0) is 10.9. The third kappa shape index (κ3) is 7.99. The molecule has 0 aromatic carbocycles. The van der Waals surface area contributed by atoms with Crippen LogP contribution in [0.3, 0.4) is 0 Å². The molecule has 1 rings (SSSR count). The third-order valence-corrected chi connectivity index (χ3v) is 3.88. The number of unbranched alkanes of at least 4 members (excludes halogenated alkanes) is 2. The molecular formula is C11H22N2S2Zn. The van der Waals surface area contributed by atoms with Crippen LogP contribution in [0, 0.1) is 0 Å². The average molecular weight is 312 g/mol. The molecule has 0 amide bonds. The maximum absolute atomic E-state index is 5.29. The van der Waals surface area contributed by atoms with Gasteiger partial charge in [-0.1, -0.05) is 50.2 Å².